The molecule has 1 aliphatic heterocycles. The molecule has 0 bridgehead atoms. The highest BCUT2D eigenvalue weighted by molar-refractivity contribution is 7.71. The minimum Gasteiger partial charge on any atom is -0.394 e. The molecule has 3 rings (SSSR count). The Kier molecular flexibility index (Phi) is 3.42. The van der Waals surface area contributed by atoms with Crippen LogP contribution in [0.3, 0.4) is 0 Å². The molecule has 3 heterocycles. The van der Waals surface area contributed by atoms with Crippen molar-refractivity contribution in [2.75, 3.05) is 6.61 Å². The number of ether oxygens (including phenoxy) is 1. The molecule has 0 amide bonds. The zero-order valence-corrected chi connectivity index (χ0v) is 11.5. The zero-order valence-electron chi connectivity index (χ0n) is 9.84. The van der Waals surface area contributed by atoms with Crippen LogP contribution >= 0.6 is 23.6 Å². The van der Waals surface area contributed by atoms with Crippen molar-refractivity contribution in [3.63, 3.8) is 0 Å². The number of rotatable bonds is 2. The van der Waals surface area contributed by atoms with Crippen LogP contribution in [0.15, 0.2) is 23.7 Å². The lowest BCUT2D eigenvalue weighted by Crippen LogP contribution is -2.33. The third-order valence-corrected chi connectivity index (χ3v) is 4.81. The minimum absolute atomic E-state index is 0.344. The fourth-order valence-corrected chi connectivity index (χ4v) is 3.54. The molecule has 102 valence electrons. The van der Waals surface area contributed by atoms with E-state index >= 15 is 0 Å². The van der Waals surface area contributed by atoms with E-state index in [-0.39, 0.29) is 6.61 Å². The molecule has 0 aliphatic carbocycles. The maximum Gasteiger partial charge on any atom is 0.164 e. The number of aliphatic hydroxyl groups is 3. The Morgan fingerprint density at radius 2 is 2.11 bits per heavy atom. The molecule has 0 radical (unpaired) electrons. The lowest BCUT2D eigenvalue weighted by atomic mass is 10.1. The molecule has 0 spiro atoms. The fraction of sp³-hybridized carbons (Fsp3) is 0.417. The van der Waals surface area contributed by atoms with Gasteiger partial charge in [-0.05, 0) is 22.9 Å². The molecule has 3 N–H and O–H groups in total. The SMILES string of the molecule is OC[C@H]1OC(n2ccc3ccsc3c2=S)[C@@H](O)C1O. The summed E-state index contributed by atoms with van der Waals surface area (Å²) in [5, 5.41) is 31.9. The summed E-state index contributed by atoms with van der Waals surface area (Å²) in [4.78, 5) is 0. The summed E-state index contributed by atoms with van der Waals surface area (Å²) in [6, 6.07) is 3.85. The van der Waals surface area contributed by atoms with E-state index in [0.717, 1.165) is 10.1 Å². The highest BCUT2D eigenvalue weighted by Gasteiger charge is 2.43. The van der Waals surface area contributed by atoms with Crippen LogP contribution in [-0.2, 0) is 4.74 Å². The summed E-state index contributed by atoms with van der Waals surface area (Å²) in [6.45, 7) is -0.344. The van der Waals surface area contributed by atoms with Crippen molar-refractivity contribution in [2.24, 2.45) is 0 Å². The Labute approximate surface area is 118 Å². The average molecular weight is 299 g/mol. The van der Waals surface area contributed by atoms with E-state index in [9.17, 15) is 10.2 Å². The van der Waals surface area contributed by atoms with Crippen LogP contribution in [-0.4, -0.2) is 44.8 Å². The third-order valence-electron chi connectivity index (χ3n) is 3.33. The molecule has 2 aromatic rings. The molecule has 1 aliphatic rings. The first-order valence-electron chi connectivity index (χ1n) is 5.84. The lowest BCUT2D eigenvalue weighted by molar-refractivity contribution is -0.0533. The van der Waals surface area contributed by atoms with E-state index in [1.54, 1.807) is 10.8 Å². The molecular formula is C12H13NO4S2. The first kappa shape index (κ1) is 13.2. The number of pyridine rings is 1. The second-order valence-electron chi connectivity index (χ2n) is 4.46. The van der Waals surface area contributed by atoms with Gasteiger partial charge in [0.05, 0.1) is 11.3 Å². The summed E-state index contributed by atoms with van der Waals surface area (Å²) < 4.78 is 8.60. The van der Waals surface area contributed by atoms with Gasteiger partial charge in [0.2, 0.25) is 0 Å². The van der Waals surface area contributed by atoms with Gasteiger partial charge in [-0.1, -0.05) is 12.2 Å². The van der Waals surface area contributed by atoms with Crippen LogP contribution in [0.2, 0.25) is 0 Å². The first-order valence-corrected chi connectivity index (χ1v) is 7.13. The molecule has 2 unspecified atom stereocenters. The van der Waals surface area contributed by atoms with E-state index in [0.29, 0.717) is 4.64 Å². The van der Waals surface area contributed by atoms with Crippen molar-refractivity contribution < 1.29 is 20.1 Å². The fourth-order valence-electron chi connectivity index (χ4n) is 2.28. The summed E-state index contributed by atoms with van der Waals surface area (Å²) in [7, 11) is 0. The Balaban J connectivity index is 2.05. The molecule has 1 fully saturated rings. The Morgan fingerprint density at radius 1 is 1.32 bits per heavy atom. The topological polar surface area (TPSA) is 74.9 Å². The van der Waals surface area contributed by atoms with Crippen molar-refractivity contribution in [3.8, 4) is 0 Å². The Hall–Kier alpha value is -0.830. The van der Waals surface area contributed by atoms with E-state index in [1.807, 2.05) is 17.5 Å². The highest BCUT2D eigenvalue weighted by Crippen LogP contribution is 2.32. The predicted molar refractivity (Wildman–Crippen MR) is 73.7 cm³/mol. The highest BCUT2D eigenvalue weighted by atomic mass is 32.1. The van der Waals surface area contributed by atoms with Crippen LogP contribution in [0.4, 0.5) is 0 Å². The third kappa shape index (κ3) is 2.03. The number of aliphatic hydroxyl groups excluding tert-OH is 3. The summed E-state index contributed by atoms with van der Waals surface area (Å²) in [5.74, 6) is 0. The zero-order chi connectivity index (χ0) is 13.6. The van der Waals surface area contributed by atoms with Gasteiger partial charge in [-0.25, -0.2) is 0 Å². The quantitative estimate of drug-likeness (QED) is 0.723. The maximum absolute atomic E-state index is 10.0. The number of nitrogens with zero attached hydrogens (tertiary/aromatic N) is 1. The number of aromatic nitrogens is 1. The van der Waals surface area contributed by atoms with Gasteiger partial charge in [-0.3, -0.25) is 0 Å². The average Bonchev–Trinajstić information content (AvgIpc) is 2.98. The van der Waals surface area contributed by atoms with E-state index in [1.165, 1.54) is 11.3 Å². The summed E-state index contributed by atoms with van der Waals surface area (Å²) in [5.41, 5.74) is 0. The molecule has 7 heteroatoms. The van der Waals surface area contributed by atoms with Gasteiger partial charge in [0, 0.05) is 6.20 Å². The summed E-state index contributed by atoms with van der Waals surface area (Å²) >= 11 is 6.91. The van der Waals surface area contributed by atoms with Crippen molar-refractivity contribution in [3.05, 3.63) is 28.4 Å². The Morgan fingerprint density at radius 3 is 2.79 bits per heavy atom. The second kappa shape index (κ2) is 4.93. The van der Waals surface area contributed by atoms with Gasteiger partial charge in [-0.15, -0.1) is 11.3 Å². The molecule has 5 nitrogen and oxygen atoms in total. The monoisotopic (exact) mass is 299 g/mol. The largest absolute Gasteiger partial charge is 0.394 e. The van der Waals surface area contributed by atoms with Gasteiger partial charge >= 0.3 is 0 Å². The van der Waals surface area contributed by atoms with Gasteiger partial charge in [-0.2, -0.15) is 0 Å². The number of hydrogen-bond acceptors (Lipinski definition) is 6. The van der Waals surface area contributed by atoms with Crippen molar-refractivity contribution in [2.45, 2.75) is 24.5 Å². The van der Waals surface area contributed by atoms with Crippen molar-refractivity contribution in [1.82, 2.24) is 4.57 Å². The smallest absolute Gasteiger partial charge is 0.164 e. The van der Waals surface area contributed by atoms with Crippen molar-refractivity contribution >= 4 is 33.6 Å². The molecular weight excluding hydrogens is 286 g/mol. The van der Waals surface area contributed by atoms with E-state index < -0.39 is 24.5 Å². The molecule has 4 atom stereocenters. The van der Waals surface area contributed by atoms with E-state index in [2.05, 4.69) is 0 Å². The number of hydrogen-bond donors (Lipinski definition) is 3. The summed E-state index contributed by atoms with van der Waals surface area (Å²) in [6.07, 6.45) is -2.05. The number of fused-ring (bicyclic) bond motifs is 1. The lowest BCUT2D eigenvalue weighted by Gasteiger charge is -2.18. The predicted octanol–water partition coefficient (Wildman–Crippen LogP) is 1.04. The molecule has 0 aromatic carbocycles. The molecule has 2 aromatic heterocycles. The van der Waals surface area contributed by atoms with Gasteiger partial charge < -0.3 is 24.6 Å². The van der Waals surface area contributed by atoms with Crippen molar-refractivity contribution in [1.29, 1.82) is 0 Å². The molecule has 0 saturated carbocycles. The molecule has 19 heavy (non-hydrogen) atoms. The minimum atomic E-state index is -1.11. The number of thiophene rings is 1. The standard InChI is InChI=1S/C12H13NO4S2/c14-5-7-8(15)9(16)11(17-7)13-3-1-6-2-4-19-10(6)12(13)18/h1-4,7-9,11,14-16H,5H2/t7-,8?,9+,11?/m1/s1. The first-order chi connectivity index (χ1) is 9.13. The van der Waals surface area contributed by atoms with Crippen LogP contribution in [0.1, 0.15) is 6.23 Å². The van der Waals surface area contributed by atoms with Gasteiger partial charge in [0.15, 0.2) is 6.23 Å². The van der Waals surface area contributed by atoms with Crippen LogP contribution in [0.5, 0.6) is 0 Å². The maximum atomic E-state index is 10.0. The normalized spacial score (nSPS) is 31.1. The van der Waals surface area contributed by atoms with Crippen LogP contribution in [0, 0.1) is 4.64 Å². The van der Waals surface area contributed by atoms with E-state index in [4.69, 9.17) is 22.1 Å². The van der Waals surface area contributed by atoms with Gasteiger partial charge in [0.1, 0.15) is 23.0 Å². The van der Waals surface area contributed by atoms with Gasteiger partial charge in [0.25, 0.3) is 0 Å². The van der Waals surface area contributed by atoms with Crippen LogP contribution in [0.25, 0.3) is 10.1 Å². The second-order valence-corrected chi connectivity index (χ2v) is 5.76. The van der Waals surface area contributed by atoms with Crippen LogP contribution < -0.4 is 0 Å². The molecule has 1 saturated heterocycles. The Bertz CT molecular complexity index is 652.